The molecule has 6 nitrogen and oxygen atoms in total. The third-order valence-electron chi connectivity index (χ3n) is 10.9. The molecular weight excluding hydrogens is 759 g/mol. The van der Waals surface area contributed by atoms with Crippen molar-refractivity contribution in [2.45, 2.75) is 251 Å². The van der Waals surface area contributed by atoms with Gasteiger partial charge in [0.2, 0.25) is 0 Å². The Morgan fingerprint density at radius 2 is 0.897 bits per heavy atom. The number of rotatable bonds is 45. The number of thioether (sulfide) groups is 1. The van der Waals surface area contributed by atoms with E-state index in [1.807, 2.05) is 30.5 Å². The molecule has 8 heteroatoms. The molecule has 352 valence electrons. The summed E-state index contributed by atoms with van der Waals surface area (Å²) >= 11 is 1.84. The van der Waals surface area contributed by atoms with E-state index in [0.717, 1.165) is 64.0 Å². The van der Waals surface area contributed by atoms with E-state index < -0.39 is 10.3 Å². The molecule has 58 heavy (non-hydrogen) atoms. The van der Waals surface area contributed by atoms with Crippen LogP contribution in [0.4, 0.5) is 0 Å². The summed E-state index contributed by atoms with van der Waals surface area (Å²) in [5.74, 6) is 1.11. The summed E-state index contributed by atoms with van der Waals surface area (Å²) in [6, 6.07) is 0. The van der Waals surface area contributed by atoms with Crippen LogP contribution in [0.3, 0.4) is 0 Å². The van der Waals surface area contributed by atoms with Crippen LogP contribution in [0, 0.1) is 0 Å². The smallest absolute Gasteiger partial charge is 0.319 e. The van der Waals surface area contributed by atoms with E-state index in [-0.39, 0.29) is 11.2 Å². The Hall–Kier alpha value is 0.01000. The fraction of sp³-hybridized carbons (Fsp3) is 0.980. The molecule has 0 aromatic carbocycles. The maximum Gasteiger partial charge on any atom is 0.319 e. The number of aliphatic hydroxyl groups is 1. The highest BCUT2D eigenvalue weighted by molar-refractivity contribution is 8.27. The molecule has 0 aliphatic carbocycles. The fourth-order valence-corrected chi connectivity index (χ4v) is 8.47. The first-order chi connectivity index (χ1) is 28.1. The van der Waals surface area contributed by atoms with Crippen LogP contribution in [0.5, 0.6) is 0 Å². The number of carbonyl (C=O) groups is 1. The first-order valence-electron chi connectivity index (χ1n) is 25.3. The number of hydrogen-bond acceptors (Lipinski definition) is 7. The van der Waals surface area contributed by atoms with Crippen LogP contribution in [-0.2, 0) is 14.3 Å². The second-order valence-electron chi connectivity index (χ2n) is 17.9. The summed E-state index contributed by atoms with van der Waals surface area (Å²) in [6.07, 6.45) is 47.1. The monoisotopic (exact) mass is 864 g/mol. The SMILES string of the molecule is CCCCCCCCOC(CCCCCCC)CCCCCCN(CCCCO)CCCCCCOC(=O)C(CCCCCCCC)SCCCCC.CS(C)(C)O. The first kappa shape index (κ1) is 60.1. The second kappa shape index (κ2) is 48.0. The number of carbonyl (C=O) groups excluding carboxylic acids is 1. The lowest BCUT2D eigenvalue weighted by Crippen LogP contribution is -2.27. The maximum absolute atomic E-state index is 13.0. The topological polar surface area (TPSA) is 79.2 Å². The highest BCUT2D eigenvalue weighted by atomic mass is 32.3. The largest absolute Gasteiger partial charge is 0.465 e. The van der Waals surface area contributed by atoms with Gasteiger partial charge in [-0.2, -0.15) is 0 Å². The molecule has 0 rings (SSSR count). The van der Waals surface area contributed by atoms with Gasteiger partial charge in [0.1, 0.15) is 5.25 Å². The molecule has 0 aromatic rings. The van der Waals surface area contributed by atoms with Gasteiger partial charge in [-0.15, -0.1) is 22.1 Å². The molecule has 0 heterocycles. The van der Waals surface area contributed by atoms with Crippen molar-refractivity contribution in [2.24, 2.45) is 0 Å². The van der Waals surface area contributed by atoms with E-state index in [9.17, 15) is 9.90 Å². The van der Waals surface area contributed by atoms with Crippen LogP contribution in [0.1, 0.15) is 240 Å². The van der Waals surface area contributed by atoms with Crippen molar-refractivity contribution in [3.8, 4) is 0 Å². The summed E-state index contributed by atoms with van der Waals surface area (Å²) in [5.41, 5.74) is 0. The Morgan fingerprint density at radius 1 is 0.517 bits per heavy atom. The normalized spacial score (nSPS) is 13.1. The Kier molecular flexibility index (Phi) is 49.8. The van der Waals surface area contributed by atoms with Gasteiger partial charge in [-0.25, -0.2) is 0 Å². The van der Waals surface area contributed by atoms with E-state index in [2.05, 4.69) is 32.6 Å². The predicted octanol–water partition coefficient (Wildman–Crippen LogP) is 15.4. The molecule has 0 fully saturated rings. The molecule has 2 N–H and O–H groups in total. The van der Waals surface area contributed by atoms with Gasteiger partial charge in [0.25, 0.3) is 0 Å². The second-order valence-corrected chi connectivity index (χ2v) is 22.8. The van der Waals surface area contributed by atoms with Crippen LogP contribution in [0.2, 0.25) is 0 Å². The standard InChI is InChI=1S/C47H95NO4S.C3H10OS/c1-5-9-13-16-19-27-37-46(53-44-34-12-8-4)47(50)52-43-33-24-22-29-39-48(40-30-31-41-49)38-28-21-20-26-36-45(35-25-18-15-11-7-3)51-42-32-23-17-14-10-6-2;1-5(2,3)4/h45-46,49H,5-44H2,1-4H3;4H,1-3H3. The molecule has 0 bridgehead atoms. The van der Waals surface area contributed by atoms with Gasteiger partial charge in [0.05, 0.1) is 12.7 Å². The number of esters is 1. The Morgan fingerprint density at radius 3 is 1.38 bits per heavy atom. The molecule has 0 aromatic heterocycles. The molecule has 0 aliphatic heterocycles. The lowest BCUT2D eigenvalue weighted by Gasteiger charge is -2.22. The summed E-state index contributed by atoms with van der Waals surface area (Å²) in [5, 5.41) is 9.37. The summed E-state index contributed by atoms with van der Waals surface area (Å²) in [6.45, 7) is 14.3. The van der Waals surface area contributed by atoms with Gasteiger partial charge in [-0.3, -0.25) is 4.79 Å². The van der Waals surface area contributed by atoms with Crippen molar-refractivity contribution in [3.05, 3.63) is 0 Å². The highest BCUT2D eigenvalue weighted by Gasteiger charge is 2.20. The van der Waals surface area contributed by atoms with Crippen molar-refractivity contribution in [2.75, 3.05) is 64.0 Å². The zero-order valence-electron chi connectivity index (χ0n) is 40.3. The number of nitrogens with zero attached hydrogens (tertiary/aromatic N) is 1. The van der Waals surface area contributed by atoms with Gasteiger partial charge in [-0.1, -0.05) is 175 Å². The number of aliphatic hydroxyl groups excluding tert-OH is 1. The van der Waals surface area contributed by atoms with Crippen LogP contribution >= 0.6 is 22.1 Å². The van der Waals surface area contributed by atoms with Gasteiger partial charge >= 0.3 is 5.97 Å². The van der Waals surface area contributed by atoms with Crippen LogP contribution < -0.4 is 0 Å². The minimum atomic E-state index is -1.17. The van der Waals surface area contributed by atoms with Crippen LogP contribution in [0.25, 0.3) is 0 Å². The van der Waals surface area contributed by atoms with Gasteiger partial charge in [0, 0.05) is 13.2 Å². The molecule has 0 aliphatic rings. The van der Waals surface area contributed by atoms with Crippen molar-refractivity contribution >= 4 is 28.0 Å². The molecular formula is C50H105NO5S2. The fourth-order valence-electron chi connectivity index (χ4n) is 7.28. The molecule has 2 unspecified atom stereocenters. The summed E-state index contributed by atoms with van der Waals surface area (Å²) in [4.78, 5) is 15.6. The third kappa shape index (κ3) is 50.4. The van der Waals surface area contributed by atoms with Gasteiger partial charge in [-0.05, 0) is 108 Å². The van der Waals surface area contributed by atoms with E-state index in [1.165, 1.54) is 180 Å². The van der Waals surface area contributed by atoms with Gasteiger partial charge < -0.3 is 24.0 Å². The molecule has 0 amide bonds. The van der Waals surface area contributed by atoms with Gasteiger partial charge in [0.15, 0.2) is 0 Å². The third-order valence-corrected chi connectivity index (χ3v) is 12.2. The van der Waals surface area contributed by atoms with Crippen LogP contribution in [-0.4, -0.2) is 95.9 Å². The zero-order valence-corrected chi connectivity index (χ0v) is 42.0. The Labute approximate surface area is 370 Å². The number of ether oxygens (including phenoxy) is 2. The Bertz CT molecular complexity index is 792. The van der Waals surface area contributed by atoms with E-state index in [1.54, 1.807) is 0 Å². The van der Waals surface area contributed by atoms with Crippen molar-refractivity contribution in [1.29, 1.82) is 0 Å². The number of hydrogen-bond donors (Lipinski definition) is 2. The average molecular weight is 865 g/mol. The zero-order chi connectivity index (χ0) is 43.2. The van der Waals surface area contributed by atoms with E-state index in [0.29, 0.717) is 19.3 Å². The molecule has 0 saturated heterocycles. The average Bonchev–Trinajstić information content (AvgIpc) is 3.19. The lowest BCUT2D eigenvalue weighted by molar-refractivity contribution is -0.143. The number of unbranched alkanes of at least 4 members (excludes halogenated alkanes) is 23. The predicted molar refractivity (Wildman–Crippen MR) is 264 cm³/mol. The highest BCUT2D eigenvalue weighted by Crippen LogP contribution is 2.26. The van der Waals surface area contributed by atoms with Crippen molar-refractivity contribution in [3.63, 3.8) is 0 Å². The van der Waals surface area contributed by atoms with E-state index >= 15 is 0 Å². The van der Waals surface area contributed by atoms with Crippen molar-refractivity contribution < 1.29 is 23.9 Å². The van der Waals surface area contributed by atoms with E-state index in [4.69, 9.17) is 14.0 Å². The molecule has 0 radical (unpaired) electrons. The summed E-state index contributed by atoms with van der Waals surface area (Å²) < 4.78 is 20.9. The Balaban J connectivity index is 0. The van der Waals surface area contributed by atoms with Crippen molar-refractivity contribution in [1.82, 2.24) is 4.90 Å². The minimum Gasteiger partial charge on any atom is -0.465 e. The molecule has 2 atom stereocenters. The maximum atomic E-state index is 13.0. The lowest BCUT2D eigenvalue weighted by atomic mass is 10.0. The minimum absolute atomic E-state index is 0.0236. The molecule has 0 spiro atoms. The first-order valence-corrected chi connectivity index (χ1v) is 29.1. The summed E-state index contributed by atoms with van der Waals surface area (Å²) in [7, 11) is -1.17. The van der Waals surface area contributed by atoms with Crippen LogP contribution in [0.15, 0.2) is 0 Å². The quantitative estimate of drug-likeness (QED) is 0.0466. The molecule has 0 saturated carbocycles.